The van der Waals surface area contributed by atoms with E-state index in [9.17, 15) is 0 Å². The van der Waals surface area contributed by atoms with E-state index in [4.69, 9.17) is 4.74 Å². The van der Waals surface area contributed by atoms with Gasteiger partial charge in [0.25, 0.3) is 0 Å². The largest absolute Gasteiger partial charge is 0.381 e. The van der Waals surface area contributed by atoms with Gasteiger partial charge >= 0.3 is 0 Å². The molecule has 96 valence electrons. The minimum absolute atomic E-state index is 0.439. The molecule has 2 aromatic rings. The zero-order valence-corrected chi connectivity index (χ0v) is 11.5. The smallest absolute Gasteiger partial charge is 0.0513 e. The molecule has 3 heteroatoms. The molecule has 1 fully saturated rings. The van der Waals surface area contributed by atoms with Crippen LogP contribution in [0.5, 0.6) is 0 Å². The van der Waals surface area contributed by atoms with Crippen LogP contribution in [0, 0.1) is 5.92 Å². The maximum absolute atomic E-state index is 5.56. The molecule has 1 aromatic carbocycles. The first-order chi connectivity index (χ1) is 8.90. The number of fused-ring (bicyclic) bond motifs is 1. The second-order valence-corrected chi connectivity index (χ2v) is 5.76. The number of hydrogen-bond acceptors (Lipinski definition) is 3. The van der Waals surface area contributed by atoms with Gasteiger partial charge in [-0.1, -0.05) is 25.1 Å². The van der Waals surface area contributed by atoms with Gasteiger partial charge in [0.1, 0.15) is 0 Å². The predicted molar refractivity (Wildman–Crippen MR) is 77.2 cm³/mol. The van der Waals surface area contributed by atoms with Crippen molar-refractivity contribution in [2.75, 3.05) is 19.8 Å². The average Bonchev–Trinajstić information content (AvgIpc) is 3.06. The average molecular weight is 261 g/mol. The standard InChI is InChI=1S/C15H19NOS/c1-2-16-15(11-7-8-17-9-11)13-10-18-14-6-4-3-5-12(13)14/h3-6,10-11,15-16H,2,7-9H2,1H3. The second kappa shape index (κ2) is 5.39. The Labute approximate surface area is 112 Å². The molecule has 0 aliphatic carbocycles. The molecule has 0 radical (unpaired) electrons. The van der Waals surface area contributed by atoms with Crippen molar-refractivity contribution in [3.63, 3.8) is 0 Å². The number of nitrogens with one attached hydrogen (secondary N) is 1. The first-order valence-electron chi connectivity index (χ1n) is 6.67. The van der Waals surface area contributed by atoms with Crippen LogP contribution in [0.1, 0.15) is 24.9 Å². The summed E-state index contributed by atoms with van der Waals surface area (Å²) in [5, 5.41) is 7.36. The quantitative estimate of drug-likeness (QED) is 0.908. The van der Waals surface area contributed by atoms with Crippen LogP contribution in [0.4, 0.5) is 0 Å². The van der Waals surface area contributed by atoms with Gasteiger partial charge in [0.05, 0.1) is 6.61 Å². The molecule has 1 saturated heterocycles. The van der Waals surface area contributed by atoms with E-state index in [-0.39, 0.29) is 0 Å². The Morgan fingerprint density at radius 3 is 3.11 bits per heavy atom. The first-order valence-corrected chi connectivity index (χ1v) is 7.55. The van der Waals surface area contributed by atoms with Crippen molar-refractivity contribution in [1.82, 2.24) is 5.32 Å². The van der Waals surface area contributed by atoms with E-state index in [1.807, 2.05) is 11.3 Å². The number of rotatable bonds is 4. The molecule has 2 unspecified atom stereocenters. The predicted octanol–water partition coefficient (Wildman–Crippen LogP) is 3.59. The number of ether oxygens (including phenoxy) is 1. The van der Waals surface area contributed by atoms with Crippen LogP contribution in [-0.4, -0.2) is 19.8 Å². The van der Waals surface area contributed by atoms with Gasteiger partial charge in [-0.05, 0) is 35.4 Å². The van der Waals surface area contributed by atoms with Crippen LogP contribution < -0.4 is 5.32 Å². The Morgan fingerprint density at radius 2 is 2.33 bits per heavy atom. The van der Waals surface area contributed by atoms with Gasteiger partial charge in [-0.15, -0.1) is 11.3 Å². The lowest BCUT2D eigenvalue weighted by atomic mass is 9.92. The molecule has 0 spiro atoms. The fourth-order valence-electron chi connectivity index (χ4n) is 2.81. The van der Waals surface area contributed by atoms with Crippen LogP contribution >= 0.6 is 11.3 Å². The van der Waals surface area contributed by atoms with Crippen LogP contribution in [0.25, 0.3) is 10.1 Å². The number of benzene rings is 1. The second-order valence-electron chi connectivity index (χ2n) is 4.85. The molecule has 2 atom stereocenters. The molecule has 1 aromatic heterocycles. The summed E-state index contributed by atoms with van der Waals surface area (Å²) >= 11 is 1.85. The van der Waals surface area contributed by atoms with E-state index in [0.717, 1.165) is 19.8 Å². The van der Waals surface area contributed by atoms with E-state index >= 15 is 0 Å². The van der Waals surface area contributed by atoms with Gasteiger partial charge in [0, 0.05) is 23.3 Å². The minimum Gasteiger partial charge on any atom is -0.381 e. The molecule has 0 amide bonds. The summed E-state index contributed by atoms with van der Waals surface area (Å²) in [6.07, 6.45) is 1.17. The Morgan fingerprint density at radius 1 is 1.44 bits per heavy atom. The highest BCUT2D eigenvalue weighted by Crippen LogP contribution is 2.36. The first kappa shape index (κ1) is 12.2. The molecule has 1 N–H and O–H groups in total. The molecular weight excluding hydrogens is 242 g/mol. The van der Waals surface area contributed by atoms with Crippen LogP contribution in [0.3, 0.4) is 0 Å². The summed E-state index contributed by atoms with van der Waals surface area (Å²) in [6.45, 7) is 4.99. The topological polar surface area (TPSA) is 21.3 Å². The molecule has 18 heavy (non-hydrogen) atoms. The van der Waals surface area contributed by atoms with Gasteiger partial charge in [-0.2, -0.15) is 0 Å². The van der Waals surface area contributed by atoms with Crippen molar-refractivity contribution in [3.8, 4) is 0 Å². The monoisotopic (exact) mass is 261 g/mol. The zero-order valence-electron chi connectivity index (χ0n) is 10.7. The van der Waals surface area contributed by atoms with Crippen molar-refractivity contribution in [1.29, 1.82) is 0 Å². The molecule has 2 heterocycles. The van der Waals surface area contributed by atoms with E-state index < -0.39 is 0 Å². The molecule has 3 rings (SSSR count). The van der Waals surface area contributed by atoms with Crippen LogP contribution in [0.2, 0.25) is 0 Å². The van der Waals surface area contributed by atoms with Gasteiger partial charge < -0.3 is 10.1 Å². The van der Waals surface area contributed by atoms with Crippen LogP contribution in [0.15, 0.2) is 29.6 Å². The molecule has 2 nitrogen and oxygen atoms in total. The third kappa shape index (κ3) is 2.18. The van der Waals surface area contributed by atoms with Crippen molar-refractivity contribution in [2.24, 2.45) is 5.92 Å². The lowest BCUT2D eigenvalue weighted by Gasteiger charge is -2.23. The lowest BCUT2D eigenvalue weighted by Crippen LogP contribution is -2.28. The summed E-state index contributed by atoms with van der Waals surface area (Å²) in [4.78, 5) is 0. The molecule has 0 saturated carbocycles. The Balaban J connectivity index is 1.98. The van der Waals surface area contributed by atoms with E-state index in [2.05, 4.69) is 41.9 Å². The zero-order chi connectivity index (χ0) is 12.4. The summed E-state index contributed by atoms with van der Waals surface area (Å²) in [5.41, 5.74) is 1.45. The highest BCUT2D eigenvalue weighted by Gasteiger charge is 2.28. The van der Waals surface area contributed by atoms with E-state index in [0.29, 0.717) is 12.0 Å². The molecule has 0 bridgehead atoms. The third-order valence-corrected chi connectivity index (χ3v) is 4.69. The molecule has 1 aliphatic rings. The van der Waals surface area contributed by atoms with Crippen molar-refractivity contribution in [3.05, 3.63) is 35.2 Å². The summed E-state index contributed by atoms with van der Waals surface area (Å²) in [6, 6.07) is 9.13. The molecule has 1 aliphatic heterocycles. The normalized spacial score (nSPS) is 21.5. The third-order valence-electron chi connectivity index (χ3n) is 3.71. The summed E-state index contributed by atoms with van der Waals surface area (Å²) in [7, 11) is 0. The summed E-state index contributed by atoms with van der Waals surface area (Å²) in [5.74, 6) is 0.614. The number of thiophene rings is 1. The minimum atomic E-state index is 0.439. The fourth-order valence-corrected chi connectivity index (χ4v) is 3.80. The maximum Gasteiger partial charge on any atom is 0.0513 e. The highest BCUT2D eigenvalue weighted by atomic mass is 32.1. The van der Waals surface area contributed by atoms with Gasteiger partial charge in [-0.25, -0.2) is 0 Å². The Hall–Kier alpha value is -0.900. The Bertz CT molecular complexity index is 516. The van der Waals surface area contributed by atoms with Gasteiger partial charge in [-0.3, -0.25) is 0 Å². The molecular formula is C15H19NOS. The lowest BCUT2D eigenvalue weighted by molar-refractivity contribution is 0.177. The van der Waals surface area contributed by atoms with Crippen molar-refractivity contribution < 1.29 is 4.74 Å². The summed E-state index contributed by atoms with van der Waals surface area (Å²) < 4.78 is 6.94. The number of hydrogen-bond donors (Lipinski definition) is 1. The van der Waals surface area contributed by atoms with Gasteiger partial charge in [0.15, 0.2) is 0 Å². The fraction of sp³-hybridized carbons (Fsp3) is 0.467. The van der Waals surface area contributed by atoms with Crippen molar-refractivity contribution in [2.45, 2.75) is 19.4 Å². The van der Waals surface area contributed by atoms with Crippen LogP contribution in [-0.2, 0) is 4.74 Å². The van der Waals surface area contributed by atoms with Gasteiger partial charge in [0.2, 0.25) is 0 Å². The Kier molecular flexibility index (Phi) is 3.64. The van der Waals surface area contributed by atoms with E-state index in [1.54, 1.807) is 0 Å². The van der Waals surface area contributed by atoms with Crippen molar-refractivity contribution >= 4 is 21.4 Å². The van der Waals surface area contributed by atoms with E-state index in [1.165, 1.54) is 22.1 Å². The highest BCUT2D eigenvalue weighted by molar-refractivity contribution is 7.17. The SMILES string of the molecule is CCNC(c1csc2ccccc12)C1CCOC1. The maximum atomic E-state index is 5.56.